The maximum atomic E-state index is 7.67. The van der Waals surface area contributed by atoms with Gasteiger partial charge in [0.2, 0.25) is 0 Å². The fourth-order valence-electron chi connectivity index (χ4n) is 0.0905. The van der Waals surface area contributed by atoms with Crippen molar-refractivity contribution in [3.05, 3.63) is 10.4 Å². The van der Waals surface area contributed by atoms with Crippen molar-refractivity contribution in [2.24, 2.45) is 15.8 Å². The van der Waals surface area contributed by atoms with Crippen LogP contribution in [0.5, 0.6) is 0 Å². The van der Waals surface area contributed by atoms with Crippen molar-refractivity contribution in [2.45, 2.75) is 0 Å². The van der Waals surface area contributed by atoms with Crippen LogP contribution in [0.15, 0.2) is 10.1 Å². The van der Waals surface area contributed by atoms with Crippen molar-refractivity contribution in [1.29, 1.82) is 0 Å². The molecule has 0 aliphatic heterocycles. The van der Waals surface area contributed by atoms with Crippen molar-refractivity contribution in [2.75, 3.05) is 7.05 Å². The lowest BCUT2D eigenvalue weighted by molar-refractivity contribution is 1.34. The normalized spacial score (nSPS) is 10.1. The summed E-state index contributed by atoms with van der Waals surface area (Å²) in [6.45, 7) is 0. The van der Waals surface area contributed by atoms with E-state index >= 15 is 0 Å². The summed E-state index contributed by atoms with van der Waals surface area (Å²) in [6.07, 6.45) is 0. The Hall–Kier alpha value is -1.22. The number of aliphatic imine (C=N–C) groups is 1. The molecule has 0 aromatic carbocycles. The van der Waals surface area contributed by atoms with Gasteiger partial charge >= 0.3 is 0 Å². The molecule has 0 saturated heterocycles. The highest BCUT2D eigenvalue weighted by Crippen LogP contribution is 1.66. The van der Waals surface area contributed by atoms with Gasteiger partial charge in [0.05, 0.1) is 0 Å². The van der Waals surface area contributed by atoms with E-state index in [1.807, 2.05) is 0 Å². The van der Waals surface area contributed by atoms with Gasteiger partial charge < -0.3 is 5.73 Å². The van der Waals surface area contributed by atoms with Gasteiger partial charge in [-0.2, -0.15) is 0 Å². The second kappa shape index (κ2) is 2.99. The molecular weight excluding hydrogens is 94.1 g/mol. The molecule has 0 saturated carbocycles. The van der Waals surface area contributed by atoms with Crippen molar-refractivity contribution < 1.29 is 0 Å². The molecule has 0 atom stereocenters. The molecule has 0 aliphatic rings. The lowest BCUT2D eigenvalue weighted by atomic mass is 11.1. The van der Waals surface area contributed by atoms with Gasteiger partial charge in [0.25, 0.3) is 0 Å². The lowest BCUT2D eigenvalue weighted by Crippen LogP contribution is -2.05. The van der Waals surface area contributed by atoms with Crippen LogP contribution in [-0.4, -0.2) is 13.0 Å². The number of hydrogen-bond donors (Lipinski definition) is 1. The monoisotopic (exact) mass is 99.1 g/mol. The first-order chi connectivity index (χ1) is 3.31. The van der Waals surface area contributed by atoms with E-state index < -0.39 is 0 Å². The number of guanidine groups is 1. The number of rotatable bonds is 0. The highest BCUT2D eigenvalue weighted by Gasteiger charge is 1.73. The van der Waals surface area contributed by atoms with Crippen LogP contribution in [0.2, 0.25) is 0 Å². The van der Waals surface area contributed by atoms with Crippen LogP contribution in [0.3, 0.4) is 0 Å². The summed E-state index contributed by atoms with van der Waals surface area (Å²) in [6, 6.07) is 0. The Morgan fingerprint density at radius 3 is 2.57 bits per heavy atom. The van der Waals surface area contributed by atoms with Crippen molar-refractivity contribution in [3.63, 3.8) is 0 Å². The van der Waals surface area contributed by atoms with E-state index in [1.165, 1.54) is 7.05 Å². The van der Waals surface area contributed by atoms with E-state index in [9.17, 15) is 0 Å². The molecular formula is C2H5N5. The summed E-state index contributed by atoms with van der Waals surface area (Å²) in [4.78, 5) is 5.73. The first-order valence-corrected chi connectivity index (χ1v) is 1.58. The maximum absolute atomic E-state index is 7.67. The molecule has 0 bridgehead atoms. The Labute approximate surface area is 40.5 Å². The topological polar surface area (TPSA) is 87.1 Å². The van der Waals surface area contributed by atoms with E-state index in [2.05, 4.69) is 15.0 Å². The van der Waals surface area contributed by atoms with Gasteiger partial charge in [0.1, 0.15) is 0 Å². The van der Waals surface area contributed by atoms with E-state index in [4.69, 9.17) is 11.3 Å². The quantitative estimate of drug-likeness (QED) is 0.152. The fraction of sp³-hybridized carbons (Fsp3) is 0.500. The summed E-state index contributed by atoms with van der Waals surface area (Å²) >= 11 is 0. The molecule has 0 rings (SSSR count). The second-order valence-electron chi connectivity index (χ2n) is 0.771. The standard InChI is InChI=1S/C2H5N5/c1-5-2(3)6-7-4/h1H3,(H2,3,5). The summed E-state index contributed by atoms with van der Waals surface area (Å²) in [5, 5.41) is 2.95. The molecule has 0 fully saturated rings. The Morgan fingerprint density at radius 1 is 1.86 bits per heavy atom. The average molecular weight is 99.1 g/mol. The zero-order valence-electron chi connectivity index (χ0n) is 3.87. The first-order valence-electron chi connectivity index (χ1n) is 1.58. The predicted molar refractivity (Wildman–Crippen MR) is 26.7 cm³/mol. The molecule has 38 valence electrons. The molecule has 0 aromatic heterocycles. The highest BCUT2D eigenvalue weighted by molar-refractivity contribution is 5.78. The van der Waals surface area contributed by atoms with Crippen LogP contribution in [0.1, 0.15) is 0 Å². The van der Waals surface area contributed by atoms with Gasteiger partial charge in [-0.05, 0) is 10.6 Å². The third-order valence-corrected chi connectivity index (χ3v) is 0.376. The smallest absolute Gasteiger partial charge is 0.182 e. The summed E-state index contributed by atoms with van der Waals surface area (Å²) in [5.74, 6) is -0.0394. The molecule has 0 heterocycles. The number of azide groups is 1. The molecule has 0 amide bonds. The Morgan fingerprint density at radius 2 is 2.43 bits per heavy atom. The summed E-state index contributed by atoms with van der Waals surface area (Å²) < 4.78 is 0. The lowest BCUT2D eigenvalue weighted by Gasteiger charge is -1.77. The minimum absolute atomic E-state index is 0.0394. The van der Waals surface area contributed by atoms with Crippen LogP contribution in [0.25, 0.3) is 10.4 Å². The molecule has 0 aliphatic carbocycles. The van der Waals surface area contributed by atoms with Gasteiger partial charge in [-0.15, -0.1) is 0 Å². The van der Waals surface area contributed by atoms with E-state index in [0.29, 0.717) is 0 Å². The molecule has 5 heteroatoms. The van der Waals surface area contributed by atoms with Gasteiger partial charge in [0.15, 0.2) is 5.96 Å². The third-order valence-electron chi connectivity index (χ3n) is 0.376. The first kappa shape index (κ1) is 5.78. The molecule has 0 radical (unpaired) electrons. The second-order valence-corrected chi connectivity index (χ2v) is 0.771. The Bertz CT molecular complexity index is 118. The fourth-order valence-corrected chi connectivity index (χ4v) is 0.0905. The number of nitrogens with two attached hydrogens (primary N) is 1. The summed E-state index contributed by atoms with van der Waals surface area (Å²) in [7, 11) is 1.45. The Balaban J connectivity index is 3.82. The zero-order valence-corrected chi connectivity index (χ0v) is 3.87. The van der Waals surface area contributed by atoms with Crippen LogP contribution in [0, 0.1) is 0 Å². The highest BCUT2D eigenvalue weighted by atomic mass is 15.2. The largest absolute Gasteiger partial charge is 0.382 e. The molecule has 5 nitrogen and oxygen atoms in total. The molecule has 2 N–H and O–H groups in total. The van der Waals surface area contributed by atoms with Crippen LogP contribution < -0.4 is 5.73 Å². The summed E-state index contributed by atoms with van der Waals surface area (Å²) in [5.41, 5.74) is 12.6. The Kier molecular flexibility index (Phi) is 2.47. The maximum Gasteiger partial charge on any atom is 0.182 e. The zero-order chi connectivity index (χ0) is 5.70. The third kappa shape index (κ3) is 2.59. The van der Waals surface area contributed by atoms with E-state index in [1.54, 1.807) is 0 Å². The molecule has 0 spiro atoms. The van der Waals surface area contributed by atoms with Crippen LogP contribution >= 0.6 is 0 Å². The van der Waals surface area contributed by atoms with Gasteiger partial charge in [-0.1, -0.05) is 0 Å². The van der Waals surface area contributed by atoms with Crippen LogP contribution in [0.4, 0.5) is 0 Å². The van der Waals surface area contributed by atoms with Crippen LogP contribution in [-0.2, 0) is 0 Å². The number of nitrogens with zero attached hydrogens (tertiary/aromatic N) is 4. The minimum Gasteiger partial charge on any atom is -0.382 e. The van der Waals surface area contributed by atoms with Crippen molar-refractivity contribution in [3.8, 4) is 0 Å². The SMILES string of the molecule is CN=C(N)N=[N+]=[N-]. The molecule has 7 heavy (non-hydrogen) atoms. The van der Waals surface area contributed by atoms with Gasteiger partial charge in [-0.25, -0.2) is 0 Å². The van der Waals surface area contributed by atoms with Crippen molar-refractivity contribution >= 4 is 5.96 Å². The molecule has 0 unspecified atom stereocenters. The molecule has 0 aromatic rings. The minimum atomic E-state index is -0.0394. The predicted octanol–water partition coefficient (Wildman–Crippen LogP) is 0.241. The van der Waals surface area contributed by atoms with E-state index in [-0.39, 0.29) is 5.96 Å². The van der Waals surface area contributed by atoms with E-state index in [0.717, 1.165) is 0 Å². The van der Waals surface area contributed by atoms with Gasteiger partial charge in [0, 0.05) is 12.0 Å². The van der Waals surface area contributed by atoms with Crippen molar-refractivity contribution in [1.82, 2.24) is 0 Å². The van der Waals surface area contributed by atoms with Gasteiger partial charge in [-0.3, -0.25) is 4.99 Å². The average Bonchev–Trinajstić information content (AvgIpc) is 1.68. The number of hydrogen-bond acceptors (Lipinski definition) is 1.